The largest absolute Gasteiger partial charge is 0.478 e. The van der Waals surface area contributed by atoms with Crippen LogP contribution in [0.25, 0.3) is 0 Å². The van der Waals surface area contributed by atoms with E-state index in [-0.39, 0.29) is 11.5 Å². The predicted molar refractivity (Wildman–Crippen MR) is 107 cm³/mol. The highest BCUT2D eigenvalue weighted by atomic mass is 16.5. The number of amides is 1. The Kier molecular flexibility index (Phi) is 5.57. The van der Waals surface area contributed by atoms with Crippen LogP contribution >= 0.6 is 0 Å². The molecule has 29 heavy (non-hydrogen) atoms. The molecule has 9 nitrogen and oxygen atoms in total. The van der Waals surface area contributed by atoms with Crippen molar-refractivity contribution < 1.29 is 19.4 Å². The Hall–Kier alpha value is -3.20. The first-order chi connectivity index (χ1) is 14.1. The summed E-state index contributed by atoms with van der Waals surface area (Å²) >= 11 is 0. The summed E-state index contributed by atoms with van der Waals surface area (Å²) in [5.41, 5.74) is 0.672. The van der Waals surface area contributed by atoms with E-state index in [1.807, 2.05) is 6.07 Å². The first kappa shape index (κ1) is 19.1. The number of piperazine rings is 1. The normalized spacial score (nSPS) is 17.3. The van der Waals surface area contributed by atoms with Crippen molar-refractivity contribution in [3.63, 3.8) is 0 Å². The van der Waals surface area contributed by atoms with Gasteiger partial charge in [-0.25, -0.2) is 14.8 Å². The molecule has 0 bridgehead atoms. The first-order valence-corrected chi connectivity index (χ1v) is 9.64. The third-order valence-corrected chi connectivity index (χ3v) is 5.24. The highest BCUT2D eigenvalue weighted by Gasteiger charge is 2.24. The molecule has 0 saturated carbocycles. The van der Waals surface area contributed by atoms with Gasteiger partial charge in [-0.15, -0.1) is 0 Å². The molecule has 1 aromatic heterocycles. The van der Waals surface area contributed by atoms with E-state index in [2.05, 4.69) is 19.8 Å². The minimum atomic E-state index is -1.00. The molecular formula is C20H23N5O4. The predicted octanol–water partition coefficient (Wildman–Crippen LogP) is 0.974. The monoisotopic (exact) mass is 397 g/mol. The number of carboxylic acid groups (broad SMARTS) is 1. The summed E-state index contributed by atoms with van der Waals surface area (Å²) < 4.78 is 5.39. The number of morpholine rings is 1. The van der Waals surface area contributed by atoms with Crippen molar-refractivity contribution in [2.24, 2.45) is 0 Å². The second-order valence-electron chi connectivity index (χ2n) is 7.00. The van der Waals surface area contributed by atoms with Crippen molar-refractivity contribution in [3.05, 3.63) is 47.8 Å². The fourth-order valence-electron chi connectivity index (χ4n) is 3.55. The van der Waals surface area contributed by atoms with Gasteiger partial charge in [0.25, 0.3) is 5.91 Å². The molecule has 0 radical (unpaired) electrons. The Bertz CT molecular complexity index is 875. The van der Waals surface area contributed by atoms with E-state index < -0.39 is 5.97 Å². The maximum Gasteiger partial charge on any atom is 0.335 e. The number of carbonyl (C=O) groups excluding carboxylic acids is 1. The van der Waals surface area contributed by atoms with Gasteiger partial charge in [-0.2, -0.15) is 0 Å². The van der Waals surface area contributed by atoms with E-state index in [0.717, 1.165) is 24.7 Å². The van der Waals surface area contributed by atoms with Crippen LogP contribution in [0.1, 0.15) is 20.7 Å². The number of nitrogens with zero attached hydrogens (tertiary/aromatic N) is 5. The fraction of sp³-hybridized carbons (Fsp3) is 0.400. The zero-order valence-corrected chi connectivity index (χ0v) is 16.0. The number of benzene rings is 1. The van der Waals surface area contributed by atoms with E-state index in [4.69, 9.17) is 9.84 Å². The van der Waals surface area contributed by atoms with Gasteiger partial charge in [-0.3, -0.25) is 4.79 Å². The van der Waals surface area contributed by atoms with Crippen LogP contribution in [0.2, 0.25) is 0 Å². The third-order valence-electron chi connectivity index (χ3n) is 5.24. The minimum absolute atomic E-state index is 0.0849. The summed E-state index contributed by atoms with van der Waals surface area (Å²) in [6.07, 6.45) is 1.58. The van der Waals surface area contributed by atoms with E-state index in [1.54, 1.807) is 23.4 Å². The van der Waals surface area contributed by atoms with Crippen LogP contribution in [0.5, 0.6) is 0 Å². The van der Waals surface area contributed by atoms with Crippen LogP contribution in [-0.4, -0.2) is 84.3 Å². The van der Waals surface area contributed by atoms with Gasteiger partial charge in [0.05, 0.1) is 18.8 Å². The van der Waals surface area contributed by atoms with Crippen LogP contribution in [0.4, 0.5) is 11.6 Å². The third kappa shape index (κ3) is 4.29. The van der Waals surface area contributed by atoms with Gasteiger partial charge < -0.3 is 24.5 Å². The number of carbonyl (C=O) groups is 2. The molecule has 3 heterocycles. The minimum Gasteiger partial charge on any atom is -0.478 e. The Morgan fingerprint density at radius 1 is 0.828 bits per heavy atom. The number of carboxylic acids is 1. The molecule has 0 spiro atoms. The molecule has 1 N–H and O–H groups in total. The number of hydrogen-bond acceptors (Lipinski definition) is 7. The van der Waals surface area contributed by atoms with Crippen LogP contribution < -0.4 is 9.80 Å². The molecule has 2 saturated heterocycles. The number of rotatable bonds is 4. The fourth-order valence-corrected chi connectivity index (χ4v) is 3.55. The smallest absolute Gasteiger partial charge is 0.335 e. The summed E-state index contributed by atoms with van der Waals surface area (Å²) in [5, 5.41) is 8.98. The molecule has 2 fully saturated rings. The van der Waals surface area contributed by atoms with Crippen LogP contribution in [-0.2, 0) is 4.74 Å². The molecule has 0 atom stereocenters. The standard InChI is InChI=1S/C20H23N5O4/c26-19(15-1-3-16(4-2-15)20(27)28)25-7-5-23(6-8-25)17-13-18(22-14-21-17)24-9-11-29-12-10-24/h1-4,13-14H,5-12H2,(H,27,28). The van der Waals surface area contributed by atoms with Crippen molar-refractivity contribution in [1.29, 1.82) is 0 Å². The SMILES string of the molecule is O=C(O)c1ccc(C(=O)N2CCN(c3cc(N4CCOCC4)ncn3)CC2)cc1. The van der Waals surface area contributed by atoms with E-state index in [9.17, 15) is 9.59 Å². The molecule has 1 amide bonds. The van der Waals surface area contributed by atoms with Crippen LogP contribution in [0.15, 0.2) is 36.7 Å². The molecule has 2 aliphatic rings. The number of aromatic carboxylic acids is 1. The van der Waals surface area contributed by atoms with Gasteiger partial charge in [-0.05, 0) is 24.3 Å². The highest BCUT2D eigenvalue weighted by molar-refractivity contribution is 5.96. The van der Waals surface area contributed by atoms with Crippen molar-refractivity contribution >= 4 is 23.5 Å². The van der Waals surface area contributed by atoms with Crippen molar-refractivity contribution in [1.82, 2.24) is 14.9 Å². The molecule has 2 aromatic rings. The van der Waals surface area contributed by atoms with Gasteiger partial charge in [-0.1, -0.05) is 0 Å². The number of anilines is 2. The van der Waals surface area contributed by atoms with Gasteiger partial charge in [0, 0.05) is 50.9 Å². The van der Waals surface area contributed by atoms with Crippen LogP contribution in [0, 0.1) is 0 Å². The molecule has 0 aliphatic carbocycles. The number of hydrogen-bond donors (Lipinski definition) is 1. The Labute approximate surface area is 168 Å². The topological polar surface area (TPSA) is 99.1 Å². The summed E-state index contributed by atoms with van der Waals surface area (Å²) in [6.45, 7) is 5.56. The van der Waals surface area contributed by atoms with Crippen LogP contribution in [0.3, 0.4) is 0 Å². The second-order valence-corrected chi connectivity index (χ2v) is 7.00. The van der Waals surface area contributed by atoms with Gasteiger partial charge >= 0.3 is 5.97 Å². The molecule has 2 aliphatic heterocycles. The van der Waals surface area contributed by atoms with Gasteiger partial charge in [0.1, 0.15) is 18.0 Å². The molecule has 9 heteroatoms. The van der Waals surface area contributed by atoms with Crippen molar-refractivity contribution in [2.75, 3.05) is 62.3 Å². The van der Waals surface area contributed by atoms with Crippen molar-refractivity contribution in [3.8, 4) is 0 Å². The zero-order valence-electron chi connectivity index (χ0n) is 16.0. The summed E-state index contributed by atoms with van der Waals surface area (Å²) in [7, 11) is 0. The lowest BCUT2D eigenvalue weighted by Gasteiger charge is -2.36. The van der Waals surface area contributed by atoms with Gasteiger partial charge in [0.2, 0.25) is 0 Å². The molecule has 1 aromatic carbocycles. The Morgan fingerprint density at radius 3 is 1.97 bits per heavy atom. The van der Waals surface area contributed by atoms with E-state index in [1.165, 1.54) is 12.1 Å². The average molecular weight is 397 g/mol. The van der Waals surface area contributed by atoms with Crippen molar-refractivity contribution in [2.45, 2.75) is 0 Å². The van der Waals surface area contributed by atoms with E-state index in [0.29, 0.717) is 45.0 Å². The number of aromatic nitrogens is 2. The van der Waals surface area contributed by atoms with Gasteiger partial charge in [0.15, 0.2) is 0 Å². The molecule has 0 unspecified atom stereocenters. The second kappa shape index (κ2) is 8.44. The highest BCUT2D eigenvalue weighted by Crippen LogP contribution is 2.20. The Balaban J connectivity index is 1.37. The summed E-state index contributed by atoms with van der Waals surface area (Å²) in [4.78, 5) is 38.6. The zero-order chi connectivity index (χ0) is 20.2. The van der Waals surface area contributed by atoms with E-state index >= 15 is 0 Å². The molecular weight excluding hydrogens is 374 g/mol. The maximum atomic E-state index is 12.7. The lowest BCUT2D eigenvalue weighted by Crippen LogP contribution is -2.49. The molecule has 4 rings (SSSR count). The Morgan fingerprint density at radius 2 is 1.38 bits per heavy atom. The number of ether oxygens (including phenoxy) is 1. The maximum absolute atomic E-state index is 12.7. The quantitative estimate of drug-likeness (QED) is 0.815. The average Bonchev–Trinajstić information content (AvgIpc) is 2.79. The molecule has 152 valence electrons. The first-order valence-electron chi connectivity index (χ1n) is 9.64. The lowest BCUT2D eigenvalue weighted by atomic mass is 10.1. The summed E-state index contributed by atoms with van der Waals surface area (Å²) in [6, 6.07) is 8.04. The lowest BCUT2D eigenvalue weighted by molar-refractivity contribution is 0.0693. The summed E-state index contributed by atoms with van der Waals surface area (Å²) in [5.74, 6) is 0.673.